The SMILES string of the molecule is CN(C(=O)C(C)(C)CS(C)(=O)=NC#N)c1nnc(-c2cccnc2)s1.CN(C(=O)C(C)(C)CS(C)=NC#N)c1nnc(-c2cccnc2)s1. The van der Waals surface area contributed by atoms with Crippen LogP contribution in [0.15, 0.2) is 57.8 Å². The maximum absolute atomic E-state index is 12.8. The fraction of sp³-hybridized carbons (Fsp3) is 0.400. The maximum atomic E-state index is 12.8. The normalized spacial score (nSPS) is 13.1. The Balaban J connectivity index is 0.000000266. The number of nitrogens with zero attached hydrogens (tertiary/aromatic N) is 12. The number of hydrogen-bond donors (Lipinski definition) is 0. The summed E-state index contributed by atoms with van der Waals surface area (Å²) in [6.07, 6.45) is 13.3. The van der Waals surface area contributed by atoms with E-state index in [9.17, 15) is 13.8 Å². The highest BCUT2D eigenvalue weighted by Crippen LogP contribution is 2.32. The van der Waals surface area contributed by atoms with Crippen molar-refractivity contribution in [1.82, 2.24) is 30.4 Å². The van der Waals surface area contributed by atoms with Crippen LogP contribution in [-0.4, -0.2) is 84.5 Å². The van der Waals surface area contributed by atoms with Crippen molar-refractivity contribution < 1.29 is 13.8 Å². The van der Waals surface area contributed by atoms with Crippen LogP contribution >= 0.6 is 22.7 Å². The van der Waals surface area contributed by atoms with Gasteiger partial charge in [0.05, 0.1) is 20.6 Å². The van der Waals surface area contributed by atoms with Crippen molar-refractivity contribution in [2.75, 3.05) is 47.9 Å². The zero-order valence-electron chi connectivity index (χ0n) is 28.3. The van der Waals surface area contributed by atoms with Gasteiger partial charge in [0.1, 0.15) is 0 Å². The van der Waals surface area contributed by atoms with Crippen LogP contribution in [0.5, 0.6) is 0 Å². The molecule has 4 heterocycles. The highest BCUT2D eigenvalue weighted by atomic mass is 32.2. The molecule has 15 nitrogen and oxygen atoms in total. The Labute approximate surface area is 296 Å². The number of amides is 2. The maximum Gasteiger partial charge on any atom is 0.235 e. The second-order valence-electron chi connectivity index (χ2n) is 12.0. The molecule has 0 saturated heterocycles. The third kappa shape index (κ3) is 10.7. The topological polar surface area (TPSA) is 207 Å². The standard InChI is InChI=1S/C15H18N6O2S2.C15H18N6OS2/c1-15(2,9-25(4,23)18-10-16)13(22)21(3)14-20-19-12(24-14)11-6-5-7-17-8-11;1-15(2,9-24(4)18-10-16)13(22)21(3)14-20-19-12(23-14)11-6-5-7-17-8-11/h5-8H,9H2,1-4H3;5-8H,9H2,1-4H3. The molecule has 258 valence electrons. The van der Waals surface area contributed by atoms with E-state index in [0.29, 0.717) is 26.0 Å². The minimum atomic E-state index is -2.76. The van der Waals surface area contributed by atoms with Gasteiger partial charge in [0.25, 0.3) is 0 Å². The zero-order valence-corrected chi connectivity index (χ0v) is 31.5. The summed E-state index contributed by atoms with van der Waals surface area (Å²) in [5.74, 6) is 0.135. The van der Waals surface area contributed by atoms with Crippen LogP contribution in [-0.2, 0) is 30.0 Å². The molecule has 4 rings (SSSR count). The van der Waals surface area contributed by atoms with Gasteiger partial charge < -0.3 is 0 Å². The molecular weight excluding hydrogens is 705 g/mol. The molecule has 2 amide bonds. The van der Waals surface area contributed by atoms with Gasteiger partial charge >= 0.3 is 0 Å². The molecule has 0 radical (unpaired) electrons. The lowest BCUT2D eigenvalue weighted by molar-refractivity contribution is -0.125. The van der Waals surface area contributed by atoms with E-state index < -0.39 is 31.3 Å². The van der Waals surface area contributed by atoms with Crippen LogP contribution in [0.4, 0.5) is 10.3 Å². The second-order valence-corrected chi connectivity index (χ2v) is 18.0. The number of anilines is 2. The van der Waals surface area contributed by atoms with Crippen molar-refractivity contribution in [2.45, 2.75) is 27.7 Å². The van der Waals surface area contributed by atoms with Gasteiger partial charge in [-0.05, 0) is 30.5 Å². The number of pyridine rings is 2. The van der Waals surface area contributed by atoms with E-state index in [4.69, 9.17) is 10.5 Å². The summed E-state index contributed by atoms with van der Waals surface area (Å²) >= 11 is 2.60. The van der Waals surface area contributed by atoms with Gasteiger partial charge in [-0.3, -0.25) is 29.4 Å². The summed E-state index contributed by atoms with van der Waals surface area (Å²) in [7, 11) is 0.0368. The number of rotatable bonds is 10. The first kappa shape index (κ1) is 38.9. The van der Waals surface area contributed by atoms with E-state index >= 15 is 0 Å². The molecule has 0 bridgehead atoms. The number of nitriles is 2. The Morgan fingerprint density at radius 3 is 1.73 bits per heavy atom. The summed E-state index contributed by atoms with van der Waals surface area (Å²) in [6, 6.07) is 7.38. The number of carbonyl (C=O) groups excluding carboxylic acids is 2. The lowest BCUT2D eigenvalue weighted by Crippen LogP contribution is -2.42. The fourth-order valence-electron chi connectivity index (χ4n) is 4.53. The molecule has 4 aromatic rings. The van der Waals surface area contributed by atoms with Crippen molar-refractivity contribution in [3.05, 3.63) is 49.1 Å². The molecule has 2 unspecified atom stereocenters. The highest BCUT2D eigenvalue weighted by Gasteiger charge is 2.35. The van der Waals surface area contributed by atoms with Crippen molar-refractivity contribution in [1.29, 1.82) is 10.5 Å². The smallest absolute Gasteiger partial charge is 0.235 e. The van der Waals surface area contributed by atoms with Crippen LogP contribution in [0.2, 0.25) is 0 Å². The van der Waals surface area contributed by atoms with Crippen molar-refractivity contribution in [3.63, 3.8) is 0 Å². The lowest BCUT2D eigenvalue weighted by atomic mass is 9.95. The quantitative estimate of drug-likeness (QED) is 0.204. The first-order valence-electron chi connectivity index (χ1n) is 14.4. The number of aromatic nitrogens is 6. The van der Waals surface area contributed by atoms with E-state index in [-0.39, 0.29) is 17.6 Å². The minimum Gasteiger partial charge on any atom is -0.289 e. The van der Waals surface area contributed by atoms with E-state index in [1.54, 1.807) is 71.2 Å². The molecule has 0 fully saturated rings. The molecule has 49 heavy (non-hydrogen) atoms. The van der Waals surface area contributed by atoms with Gasteiger partial charge in [-0.25, -0.2) is 4.21 Å². The van der Waals surface area contributed by atoms with Gasteiger partial charge in [-0.2, -0.15) is 14.9 Å². The predicted molar refractivity (Wildman–Crippen MR) is 194 cm³/mol. The van der Waals surface area contributed by atoms with Gasteiger partial charge in [0.2, 0.25) is 34.5 Å². The van der Waals surface area contributed by atoms with Gasteiger partial charge in [0.15, 0.2) is 10.0 Å². The third-order valence-corrected chi connectivity index (χ3v) is 12.0. The molecule has 0 spiro atoms. The van der Waals surface area contributed by atoms with Gasteiger partial charge in [-0.1, -0.05) is 61.1 Å². The van der Waals surface area contributed by atoms with E-state index in [1.165, 1.54) is 38.7 Å². The number of hydrogen-bond acceptors (Lipinski definition) is 15. The largest absolute Gasteiger partial charge is 0.289 e. The van der Waals surface area contributed by atoms with Crippen LogP contribution in [0.1, 0.15) is 27.7 Å². The molecule has 0 N–H and O–H groups in total. The first-order valence-corrected chi connectivity index (χ1v) is 19.8. The van der Waals surface area contributed by atoms with E-state index in [0.717, 1.165) is 11.1 Å². The summed E-state index contributed by atoms with van der Waals surface area (Å²) in [5.41, 5.74) is 0.0637. The summed E-state index contributed by atoms with van der Waals surface area (Å²) in [6.45, 7) is 7.05. The average molecular weight is 741 g/mol. The van der Waals surface area contributed by atoms with Crippen LogP contribution < -0.4 is 9.80 Å². The Morgan fingerprint density at radius 2 is 1.33 bits per heavy atom. The molecule has 0 aliphatic rings. The van der Waals surface area contributed by atoms with E-state index in [2.05, 4.69) is 39.1 Å². The van der Waals surface area contributed by atoms with Crippen molar-refractivity contribution in [3.8, 4) is 33.5 Å². The molecule has 4 aromatic heterocycles. The summed E-state index contributed by atoms with van der Waals surface area (Å²) in [4.78, 5) is 36.6. The van der Waals surface area contributed by atoms with Gasteiger partial charge in [0, 0.05) is 67.8 Å². The lowest BCUT2D eigenvalue weighted by Gasteiger charge is -2.27. The molecular formula is C30H36N12O3S4. The minimum absolute atomic E-state index is 0.0228. The zero-order chi connectivity index (χ0) is 36.4. The second kappa shape index (κ2) is 16.7. The fourth-order valence-corrected chi connectivity index (χ4v) is 9.19. The monoisotopic (exact) mass is 740 g/mol. The predicted octanol–water partition coefficient (Wildman–Crippen LogP) is 4.67. The van der Waals surface area contributed by atoms with Crippen molar-refractivity contribution in [2.24, 2.45) is 19.6 Å². The molecule has 2 atom stereocenters. The first-order chi connectivity index (χ1) is 23.0. The molecule has 0 aromatic carbocycles. The van der Waals surface area contributed by atoms with Crippen LogP contribution in [0.25, 0.3) is 21.1 Å². The van der Waals surface area contributed by atoms with Crippen molar-refractivity contribution >= 4 is 65.2 Å². The Hall–Kier alpha value is -4.56. The summed E-state index contributed by atoms with van der Waals surface area (Å²) < 4.78 is 19.5. The van der Waals surface area contributed by atoms with Crippen LogP contribution in [0, 0.1) is 33.7 Å². The average Bonchev–Trinajstić information content (AvgIpc) is 3.75. The third-order valence-electron chi connectivity index (χ3n) is 6.62. The molecule has 0 aliphatic carbocycles. The van der Waals surface area contributed by atoms with E-state index in [1.807, 2.05) is 38.3 Å². The Bertz CT molecular complexity index is 2010. The molecule has 0 saturated carbocycles. The summed E-state index contributed by atoms with van der Waals surface area (Å²) in [5, 5.41) is 36.0. The Kier molecular flexibility index (Phi) is 13.3. The molecule has 0 aliphatic heterocycles. The van der Waals surface area contributed by atoms with Gasteiger partial charge in [-0.15, -0.1) is 24.8 Å². The molecule has 19 heteroatoms. The Morgan fingerprint density at radius 1 is 0.857 bits per heavy atom. The highest BCUT2D eigenvalue weighted by molar-refractivity contribution is 7.93. The number of carbonyl (C=O) groups is 2. The van der Waals surface area contributed by atoms with Crippen LogP contribution in [0.3, 0.4) is 0 Å².